The lowest BCUT2D eigenvalue weighted by atomic mass is 10.2. The van der Waals surface area contributed by atoms with Gasteiger partial charge in [0.1, 0.15) is 12.1 Å². The van der Waals surface area contributed by atoms with E-state index < -0.39 is 0 Å². The minimum Gasteiger partial charge on any atom is -0.259 e. The second-order valence-electron chi connectivity index (χ2n) is 2.31. The van der Waals surface area contributed by atoms with Crippen LogP contribution in [0.3, 0.4) is 0 Å². The van der Waals surface area contributed by atoms with Crippen LogP contribution >= 0.6 is 0 Å². The summed E-state index contributed by atoms with van der Waals surface area (Å²) in [7, 11) is 0. The Labute approximate surface area is 68.3 Å². The quantitative estimate of drug-likeness (QED) is 0.693. The average Bonchev–Trinajstić information content (AvgIpc) is 2.57. The molecule has 0 aliphatic heterocycles. The highest BCUT2D eigenvalue weighted by Gasteiger charge is 2.04. The van der Waals surface area contributed by atoms with E-state index in [-0.39, 0.29) is 5.82 Å². The Morgan fingerprint density at radius 2 is 2.08 bits per heavy atom. The highest BCUT2D eigenvalue weighted by atomic mass is 19.1. The first-order chi connectivity index (χ1) is 5.88. The van der Waals surface area contributed by atoms with Crippen LogP contribution in [0.1, 0.15) is 0 Å². The van der Waals surface area contributed by atoms with Crippen molar-refractivity contribution in [1.82, 2.24) is 15.2 Å². The van der Waals surface area contributed by atoms with Crippen LogP contribution in [-0.2, 0) is 0 Å². The lowest BCUT2D eigenvalue weighted by Gasteiger charge is -1.95. The van der Waals surface area contributed by atoms with Crippen LogP contribution in [-0.4, -0.2) is 15.2 Å². The Balaban J connectivity index is 2.55. The Hall–Kier alpha value is -1.71. The molecule has 0 atom stereocenters. The smallest absolute Gasteiger partial charge is 0.158 e. The van der Waals surface area contributed by atoms with Crippen LogP contribution < -0.4 is 0 Å². The predicted octanol–water partition coefficient (Wildman–Crippen LogP) is 1.61. The number of nitrogens with zero attached hydrogens (tertiary/aromatic N) is 2. The summed E-state index contributed by atoms with van der Waals surface area (Å²) in [6.07, 6.45) is 1.35. The van der Waals surface area contributed by atoms with Gasteiger partial charge >= 0.3 is 0 Å². The first kappa shape index (κ1) is 6.97. The van der Waals surface area contributed by atoms with Crippen molar-refractivity contribution in [1.29, 1.82) is 0 Å². The number of H-pyrrole nitrogens is 1. The van der Waals surface area contributed by atoms with Crippen molar-refractivity contribution in [2.24, 2.45) is 0 Å². The third-order valence-corrected chi connectivity index (χ3v) is 1.54. The summed E-state index contributed by atoms with van der Waals surface area (Å²) in [5, 5.41) is 6.23. The van der Waals surface area contributed by atoms with E-state index in [0.29, 0.717) is 11.4 Å². The van der Waals surface area contributed by atoms with Crippen molar-refractivity contribution < 1.29 is 4.39 Å². The first-order valence-electron chi connectivity index (χ1n) is 3.48. The maximum Gasteiger partial charge on any atom is 0.158 e. The topological polar surface area (TPSA) is 41.6 Å². The zero-order valence-electron chi connectivity index (χ0n) is 6.16. The van der Waals surface area contributed by atoms with Gasteiger partial charge in [-0.1, -0.05) is 12.1 Å². The van der Waals surface area contributed by atoms with E-state index in [4.69, 9.17) is 0 Å². The van der Waals surface area contributed by atoms with Gasteiger partial charge in [0.25, 0.3) is 0 Å². The zero-order chi connectivity index (χ0) is 8.39. The number of aromatic amines is 1. The summed E-state index contributed by atoms with van der Waals surface area (Å²) in [5.74, 6) is 0.155. The van der Waals surface area contributed by atoms with E-state index in [9.17, 15) is 4.39 Å². The Morgan fingerprint density at radius 1 is 1.25 bits per heavy atom. The highest BCUT2D eigenvalue weighted by Crippen LogP contribution is 2.16. The van der Waals surface area contributed by atoms with Crippen molar-refractivity contribution in [3.63, 3.8) is 0 Å². The second-order valence-corrected chi connectivity index (χ2v) is 2.31. The molecular weight excluding hydrogens is 157 g/mol. The molecule has 1 heterocycles. The monoisotopic (exact) mass is 163 g/mol. The van der Waals surface area contributed by atoms with Gasteiger partial charge in [-0.2, -0.15) is 5.10 Å². The molecule has 0 fully saturated rings. The van der Waals surface area contributed by atoms with Gasteiger partial charge < -0.3 is 0 Å². The van der Waals surface area contributed by atoms with Gasteiger partial charge in [-0.3, -0.25) is 5.10 Å². The summed E-state index contributed by atoms with van der Waals surface area (Å²) >= 11 is 0. The molecule has 0 unspecified atom stereocenters. The fraction of sp³-hybridized carbons (Fsp3) is 0. The van der Waals surface area contributed by atoms with Crippen molar-refractivity contribution >= 4 is 0 Å². The average molecular weight is 163 g/mol. The molecule has 3 nitrogen and oxygen atoms in total. The zero-order valence-corrected chi connectivity index (χ0v) is 6.16. The Bertz CT molecular complexity index is 370. The van der Waals surface area contributed by atoms with Crippen molar-refractivity contribution in [3.05, 3.63) is 36.4 Å². The summed E-state index contributed by atoms with van der Waals surface area (Å²) in [4.78, 5) is 3.84. The van der Waals surface area contributed by atoms with E-state index in [2.05, 4.69) is 15.2 Å². The summed E-state index contributed by atoms with van der Waals surface area (Å²) in [5.41, 5.74) is 0.440. The number of rotatable bonds is 1. The van der Waals surface area contributed by atoms with Gasteiger partial charge in [-0.25, -0.2) is 9.37 Å². The maximum absolute atomic E-state index is 13.1. The molecule has 0 aliphatic carbocycles. The third-order valence-electron chi connectivity index (χ3n) is 1.54. The minimum atomic E-state index is -0.297. The largest absolute Gasteiger partial charge is 0.259 e. The Kier molecular flexibility index (Phi) is 1.59. The third kappa shape index (κ3) is 1.07. The molecule has 0 amide bonds. The molecule has 4 heteroatoms. The van der Waals surface area contributed by atoms with Crippen LogP contribution in [0.25, 0.3) is 11.4 Å². The highest BCUT2D eigenvalue weighted by molar-refractivity contribution is 5.54. The van der Waals surface area contributed by atoms with Crippen LogP contribution in [0.2, 0.25) is 0 Å². The van der Waals surface area contributed by atoms with Crippen LogP contribution in [0.4, 0.5) is 4.39 Å². The standard InChI is InChI=1S/C8H6FN3/c9-7-4-2-1-3-6(7)8-10-5-11-12-8/h1-5H,(H,10,11,12). The molecule has 1 aromatic carbocycles. The van der Waals surface area contributed by atoms with Gasteiger partial charge in [0, 0.05) is 0 Å². The molecule has 2 aromatic rings. The Morgan fingerprint density at radius 3 is 2.75 bits per heavy atom. The van der Waals surface area contributed by atoms with Gasteiger partial charge in [-0.15, -0.1) is 0 Å². The summed E-state index contributed by atoms with van der Waals surface area (Å²) in [6.45, 7) is 0. The molecule has 0 saturated heterocycles. The van der Waals surface area contributed by atoms with E-state index in [1.54, 1.807) is 18.2 Å². The normalized spacial score (nSPS) is 10.1. The lowest BCUT2D eigenvalue weighted by Crippen LogP contribution is -1.85. The van der Waals surface area contributed by atoms with Gasteiger partial charge in [0.05, 0.1) is 5.56 Å². The maximum atomic E-state index is 13.1. The number of benzene rings is 1. The fourth-order valence-electron chi connectivity index (χ4n) is 0.989. The molecule has 0 aliphatic rings. The molecule has 0 radical (unpaired) electrons. The molecule has 1 aromatic heterocycles. The first-order valence-corrected chi connectivity index (χ1v) is 3.48. The van der Waals surface area contributed by atoms with Crippen molar-refractivity contribution in [2.75, 3.05) is 0 Å². The lowest BCUT2D eigenvalue weighted by molar-refractivity contribution is 0.630. The van der Waals surface area contributed by atoms with Crippen LogP contribution in [0.15, 0.2) is 30.6 Å². The van der Waals surface area contributed by atoms with Crippen LogP contribution in [0.5, 0.6) is 0 Å². The number of nitrogens with one attached hydrogen (secondary N) is 1. The molecule has 1 N–H and O–H groups in total. The van der Waals surface area contributed by atoms with E-state index in [1.807, 2.05) is 0 Å². The fourth-order valence-corrected chi connectivity index (χ4v) is 0.989. The van der Waals surface area contributed by atoms with Gasteiger partial charge in [-0.05, 0) is 12.1 Å². The number of halogens is 1. The molecular formula is C8H6FN3. The number of aromatic nitrogens is 3. The molecule has 0 spiro atoms. The van der Waals surface area contributed by atoms with Crippen LogP contribution in [0, 0.1) is 5.82 Å². The van der Waals surface area contributed by atoms with E-state index in [1.165, 1.54) is 12.4 Å². The number of hydrogen-bond donors (Lipinski definition) is 1. The molecule has 0 bridgehead atoms. The summed E-state index contributed by atoms with van der Waals surface area (Å²) < 4.78 is 13.1. The van der Waals surface area contributed by atoms with E-state index in [0.717, 1.165) is 0 Å². The number of hydrogen-bond acceptors (Lipinski definition) is 2. The minimum absolute atomic E-state index is 0.297. The predicted molar refractivity (Wildman–Crippen MR) is 41.8 cm³/mol. The molecule has 12 heavy (non-hydrogen) atoms. The second kappa shape index (κ2) is 2.73. The van der Waals surface area contributed by atoms with Crippen molar-refractivity contribution in [2.45, 2.75) is 0 Å². The van der Waals surface area contributed by atoms with Gasteiger partial charge in [0.15, 0.2) is 5.82 Å². The van der Waals surface area contributed by atoms with Gasteiger partial charge in [0.2, 0.25) is 0 Å². The van der Waals surface area contributed by atoms with Crippen molar-refractivity contribution in [3.8, 4) is 11.4 Å². The SMILES string of the molecule is Fc1ccccc1-c1ncn[nH]1. The molecule has 60 valence electrons. The molecule has 0 saturated carbocycles. The summed E-state index contributed by atoms with van der Waals surface area (Å²) in [6, 6.07) is 6.42. The molecule has 2 rings (SSSR count). The van der Waals surface area contributed by atoms with E-state index >= 15 is 0 Å².